The van der Waals surface area contributed by atoms with Crippen molar-refractivity contribution in [1.29, 1.82) is 0 Å². The molecule has 0 unspecified atom stereocenters. The van der Waals surface area contributed by atoms with Crippen molar-refractivity contribution in [3.63, 3.8) is 0 Å². The Balaban J connectivity index is 1.56. The number of carbonyl (C=O) groups is 1. The number of morpholine rings is 1. The van der Waals surface area contributed by atoms with E-state index in [4.69, 9.17) is 9.84 Å². The number of aliphatic carboxylic acids is 1. The van der Waals surface area contributed by atoms with Crippen molar-refractivity contribution in [2.45, 2.75) is 6.54 Å². The number of carboxylic acids is 1. The molecule has 0 radical (unpaired) electrons. The molecule has 138 valence electrons. The topological polar surface area (TPSA) is 67.1 Å². The molecule has 1 aromatic heterocycles. The third kappa shape index (κ3) is 3.85. The van der Waals surface area contributed by atoms with E-state index in [1.165, 1.54) is 5.69 Å². The number of benzene rings is 2. The number of anilines is 1. The van der Waals surface area contributed by atoms with Gasteiger partial charge in [-0.15, -0.1) is 0 Å². The van der Waals surface area contributed by atoms with Gasteiger partial charge in [-0.1, -0.05) is 18.2 Å². The summed E-state index contributed by atoms with van der Waals surface area (Å²) in [6.07, 6.45) is 3.63. The summed E-state index contributed by atoms with van der Waals surface area (Å²) in [6.45, 7) is 3.28. The van der Waals surface area contributed by atoms with Crippen molar-refractivity contribution in [3.05, 3.63) is 60.3 Å². The molecule has 1 aliphatic heterocycles. The minimum Gasteiger partial charge on any atom is -0.480 e. The van der Waals surface area contributed by atoms with Gasteiger partial charge in [0.2, 0.25) is 0 Å². The fourth-order valence-corrected chi connectivity index (χ4v) is 3.37. The number of hydrogen-bond donors (Lipinski definition) is 1. The smallest absolute Gasteiger partial charge is 0.323 e. The lowest BCUT2D eigenvalue weighted by atomic mass is 10.2. The Morgan fingerprint density at radius 1 is 1.11 bits per heavy atom. The molecule has 1 fully saturated rings. The minimum atomic E-state index is -0.863. The molecule has 27 heavy (non-hydrogen) atoms. The molecule has 0 bridgehead atoms. The first-order valence-corrected chi connectivity index (χ1v) is 8.97. The molecule has 0 saturated carbocycles. The third-order valence-corrected chi connectivity index (χ3v) is 4.70. The number of aliphatic imine (C=N–C) groups is 1. The molecular formula is C21H21N3O3. The molecule has 1 N–H and O–H groups in total. The van der Waals surface area contributed by atoms with Crippen LogP contribution in [0.4, 0.5) is 11.4 Å². The first kappa shape index (κ1) is 17.3. The number of rotatable bonds is 5. The molecule has 1 aliphatic rings. The van der Waals surface area contributed by atoms with Gasteiger partial charge in [-0.05, 0) is 30.3 Å². The molecule has 6 nitrogen and oxygen atoms in total. The van der Waals surface area contributed by atoms with Crippen LogP contribution in [-0.4, -0.2) is 48.2 Å². The Kier molecular flexibility index (Phi) is 4.89. The SMILES string of the molecule is O=C(O)Cn1cc(C=Nc2ccc(N3CCOCC3)cc2)c2ccccc21. The second kappa shape index (κ2) is 7.63. The number of para-hydroxylation sites is 1. The predicted octanol–water partition coefficient (Wildman–Crippen LogP) is 3.31. The molecule has 0 atom stereocenters. The van der Waals surface area contributed by atoms with Crippen molar-refractivity contribution in [1.82, 2.24) is 4.57 Å². The number of ether oxygens (including phenoxy) is 1. The van der Waals surface area contributed by atoms with E-state index in [-0.39, 0.29) is 6.54 Å². The molecule has 4 rings (SSSR count). The summed E-state index contributed by atoms with van der Waals surface area (Å²) in [6, 6.07) is 15.9. The molecule has 2 heterocycles. The van der Waals surface area contributed by atoms with Gasteiger partial charge < -0.3 is 19.3 Å². The van der Waals surface area contributed by atoms with Crippen molar-refractivity contribution in [3.8, 4) is 0 Å². The number of carboxylic acid groups (broad SMARTS) is 1. The molecule has 3 aromatic rings. The van der Waals surface area contributed by atoms with Crippen molar-refractivity contribution in [2.75, 3.05) is 31.2 Å². The first-order chi connectivity index (χ1) is 13.2. The Hall–Kier alpha value is -3.12. The summed E-state index contributed by atoms with van der Waals surface area (Å²) in [5, 5.41) is 10.1. The van der Waals surface area contributed by atoms with Crippen LogP contribution in [0, 0.1) is 0 Å². The number of fused-ring (bicyclic) bond motifs is 1. The van der Waals surface area contributed by atoms with Gasteiger partial charge in [0, 0.05) is 47.7 Å². The predicted molar refractivity (Wildman–Crippen MR) is 106 cm³/mol. The van der Waals surface area contributed by atoms with E-state index in [1.807, 2.05) is 42.6 Å². The third-order valence-electron chi connectivity index (χ3n) is 4.70. The molecule has 6 heteroatoms. The second-order valence-electron chi connectivity index (χ2n) is 6.50. The Morgan fingerprint density at radius 2 is 1.85 bits per heavy atom. The van der Waals surface area contributed by atoms with Crippen LogP contribution in [0.5, 0.6) is 0 Å². The number of aromatic nitrogens is 1. The normalized spacial score (nSPS) is 14.9. The highest BCUT2D eigenvalue weighted by molar-refractivity contribution is 6.00. The van der Waals surface area contributed by atoms with Gasteiger partial charge in [0.1, 0.15) is 6.54 Å². The van der Waals surface area contributed by atoms with Gasteiger partial charge in [0.15, 0.2) is 0 Å². The van der Waals surface area contributed by atoms with Gasteiger partial charge in [0.25, 0.3) is 0 Å². The van der Waals surface area contributed by atoms with E-state index in [0.717, 1.165) is 48.5 Å². The van der Waals surface area contributed by atoms with Crippen molar-refractivity contribution < 1.29 is 14.6 Å². The van der Waals surface area contributed by atoms with Crippen molar-refractivity contribution in [2.24, 2.45) is 4.99 Å². The highest BCUT2D eigenvalue weighted by Crippen LogP contribution is 2.23. The van der Waals surface area contributed by atoms with Gasteiger partial charge in [-0.2, -0.15) is 0 Å². The van der Waals surface area contributed by atoms with Gasteiger partial charge in [-0.25, -0.2) is 0 Å². The van der Waals surface area contributed by atoms with Crippen LogP contribution in [-0.2, 0) is 16.1 Å². The van der Waals surface area contributed by atoms with E-state index < -0.39 is 5.97 Å². The van der Waals surface area contributed by atoms with Crippen LogP contribution in [0.25, 0.3) is 10.9 Å². The molecular weight excluding hydrogens is 342 g/mol. The van der Waals surface area contributed by atoms with Crippen molar-refractivity contribution >= 4 is 34.5 Å². The lowest BCUT2D eigenvalue weighted by molar-refractivity contribution is -0.137. The second-order valence-corrected chi connectivity index (χ2v) is 6.50. The summed E-state index contributed by atoms with van der Waals surface area (Å²) >= 11 is 0. The summed E-state index contributed by atoms with van der Waals surface area (Å²) < 4.78 is 7.13. The highest BCUT2D eigenvalue weighted by Gasteiger charge is 2.11. The standard InChI is InChI=1S/C21H21N3O3/c25-21(26)15-24-14-16(19-3-1-2-4-20(19)24)13-22-17-5-7-18(8-6-17)23-9-11-27-12-10-23/h1-8,13-14H,9-12,15H2,(H,25,26). The summed E-state index contributed by atoms with van der Waals surface area (Å²) in [7, 11) is 0. The Labute approximate surface area is 157 Å². The van der Waals surface area contributed by atoms with E-state index in [0.29, 0.717) is 0 Å². The Bertz CT molecular complexity index is 970. The van der Waals surface area contributed by atoms with Gasteiger partial charge in [0.05, 0.1) is 18.9 Å². The van der Waals surface area contributed by atoms with Crippen LogP contribution in [0.2, 0.25) is 0 Å². The fourth-order valence-electron chi connectivity index (χ4n) is 3.37. The van der Waals surface area contributed by atoms with Crippen LogP contribution in [0.3, 0.4) is 0 Å². The van der Waals surface area contributed by atoms with E-state index in [2.05, 4.69) is 22.0 Å². The molecule has 0 aliphatic carbocycles. The van der Waals surface area contributed by atoms with E-state index >= 15 is 0 Å². The Morgan fingerprint density at radius 3 is 2.59 bits per heavy atom. The number of hydrogen-bond acceptors (Lipinski definition) is 4. The largest absolute Gasteiger partial charge is 0.480 e. The first-order valence-electron chi connectivity index (χ1n) is 8.97. The van der Waals surface area contributed by atoms with E-state index in [9.17, 15) is 4.79 Å². The van der Waals surface area contributed by atoms with Crippen LogP contribution in [0.1, 0.15) is 5.56 Å². The monoisotopic (exact) mass is 363 g/mol. The maximum absolute atomic E-state index is 11.1. The minimum absolute atomic E-state index is 0.0669. The molecule has 0 spiro atoms. The van der Waals surface area contributed by atoms with Gasteiger partial charge >= 0.3 is 5.97 Å². The molecule has 1 saturated heterocycles. The highest BCUT2D eigenvalue weighted by atomic mass is 16.5. The maximum atomic E-state index is 11.1. The lowest BCUT2D eigenvalue weighted by Gasteiger charge is -2.28. The van der Waals surface area contributed by atoms with Gasteiger partial charge in [-0.3, -0.25) is 9.79 Å². The summed E-state index contributed by atoms with van der Waals surface area (Å²) in [4.78, 5) is 18.0. The maximum Gasteiger partial charge on any atom is 0.323 e. The van der Waals surface area contributed by atoms with E-state index in [1.54, 1.807) is 10.8 Å². The average molecular weight is 363 g/mol. The molecule has 0 amide bonds. The zero-order valence-electron chi connectivity index (χ0n) is 14.9. The zero-order valence-corrected chi connectivity index (χ0v) is 14.9. The quantitative estimate of drug-likeness (QED) is 0.706. The van der Waals surface area contributed by atoms with Crippen LogP contribution < -0.4 is 4.90 Å². The number of nitrogens with zero attached hydrogens (tertiary/aromatic N) is 3. The average Bonchev–Trinajstić information content (AvgIpc) is 3.05. The zero-order chi connectivity index (χ0) is 18.6. The van der Waals surface area contributed by atoms with Crippen LogP contribution >= 0.6 is 0 Å². The summed E-state index contributed by atoms with van der Waals surface area (Å²) in [5.74, 6) is -0.863. The molecule has 2 aromatic carbocycles. The van der Waals surface area contributed by atoms with Crippen LogP contribution in [0.15, 0.2) is 59.7 Å². The lowest BCUT2D eigenvalue weighted by Crippen LogP contribution is -2.36. The summed E-state index contributed by atoms with van der Waals surface area (Å²) in [5.41, 5.74) is 3.84. The fraction of sp³-hybridized carbons (Fsp3) is 0.238.